The Balaban J connectivity index is 1.93. The highest BCUT2D eigenvalue weighted by atomic mass is 35.5. The summed E-state index contributed by atoms with van der Waals surface area (Å²) in [6.07, 6.45) is 0.625. The van der Waals surface area contributed by atoms with Crippen LogP contribution in [0.1, 0.15) is 31.0 Å². The standard InChI is InChI=1S/C19H23ClN2O/c1-19(2,12-14-7-6-10-16(20)11-14)18(23)22-13-17(21)15-8-4-3-5-9-15/h3-11,17H,12-13,21H2,1-2H3,(H,22,23). The summed E-state index contributed by atoms with van der Waals surface area (Å²) < 4.78 is 0. The molecule has 3 nitrogen and oxygen atoms in total. The van der Waals surface area contributed by atoms with Crippen LogP contribution in [-0.4, -0.2) is 12.5 Å². The second kappa shape index (κ2) is 7.62. The van der Waals surface area contributed by atoms with E-state index < -0.39 is 5.41 Å². The van der Waals surface area contributed by atoms with Gasteiger partial charge in [0.1, 0.15) is 0 Å². The van der Waals surface area contributed by atoms with Crippen LogP contribution < -0.4 is 11.1 Å². The Kier molecular flexibility index (Phi) is 5.80. The first-order valence-electron chi connectivity index (χ1n) is 7.72. The van der Waals surface area contributed by atoms with E-state index in [4.69, 9.17) is 17.3 Å². The topological polar surface area (TPSA) is 55.1 Å². The van der Waals surface area contributed by atoms with E-state index in [1.807, 2.05) is 68.4 Å². The molecule has 0 fully saturated rings. The van der Waals surface area contributed by atoms with Crippen molar-refractivity contribution in [2.75, 3.05) is 6.54 Å². The predicted octanol–water partition coefficient (Wildman–Crippen LogP) is 3.72. The van der Waals surface area contributed by atoms with E-state index in [0.717, 1.165) is 11.1 Å². The molecule has 4 heteroatoms. The second-order valence-electron chi connectivity index (χ2n) is 6.42. The molecule has 122 valence electrons. The Labute approximate surface area is 142 Å². The fraction of sp³-hybridized carbons (Fsp3) is 0.316. The van der Waals surface area contributed by atoms with Gasteiger partial charge in [-0.1, -0.05) is 67.9 Å². The van der Waals surface area contributed by atoms with Gasteiger partial charge in [0.05, 0.1) is 0 Å². The maximum Gasteiger partial charge on any atom is 0.226 e. The van der Waals surface area contributed by atoms with E-state index in [1.54, 1.807) is 0 Å². The van der Waals surface area contributed by atoms with Crippen molar-refractivity contribution >= 4 is 17.5 Å². The predicted molar refractivity (Wildman–Crippen MR) is 95.3 cm³/mol. The van der Waals surface area contributed by atoms with Gasteiger partial charge in [0, 0.05) is 23.0 Å². The number of nitrogens with one attached hydrogen (secondary N) is 1. The molecule has 23 heavy (non-hydrogen) atoms. The fourth-order valence-electron chi connectivity index (χ4n) is 2.50. The molecule has 1 unspecified atom stereocenters. The Morgan fingerprint density at radius 2 is 1.87 bits per heavy atom. The van der Waals surface area contributed by atoms with Gasteiger partial charge in [0.15, 0.2) is 0 Å². The lowest BCUT2D eigenvalue weighted by molar-refractivity contribution is -0.129. The monoisotopic (exact) mass is 330 g/mol. The number of halogens is 1. The minimum absolute atomic E-state index is 0.0103. The van der Waals surface area contributed by atoms with E-state index >= 15 is 0 Å². The number of hydrogen-bond donors (Lipinski definition) is 2. The zero-order valence-electron chi connectivity index (χ0n) is 13.6. The van der Waals surface area contributed by atoms with Crippen molar-refractivity contribution in [1.82, 2.24) is 5.32 Å². The average Bonchev–Trinajstić information content (AvgIpc) is 2.52. The molecule has 0 radical (unpaired) electrons. The molecule has 0 spiro atoms. The molecule has 1 amide bonds. The zero-order valence-corrected chi connectivity index (χ0v) is 14.3. The summed E-state index contributed by atoms with van der Waals surface area (Å²) in [7, 11) is 0. The summed E-state index contributed by atoms with van der Waals surface area (Å²) in [6, 6.07) is 17.2. The molecule has 3 N–H and O–H groups in total. The van der Waals surface area contributed by atoms with Gasteiger partial charge in [-0.25, -0.2) is 0 Å². The molecule has 2 aromatic carbocycles. The molecule has 0 aromatic heterocycles. The van der Waals surface area contributed by atoms with Crippen LogP contribution in [0.2, 0.25) is 5.02 Å². The third-order valence-electron chi connectivity index (χ3n) is 3.86. The van der Waals surface area contributed by atoms with Gasteiger partial charge >= 0.3 is 0 Å². The van der Waals surface area contributed by atoms with Gasteiger partial charge in [0.25, 0.3) is 0 Å². The van der Waals surface area contributed by atoms with Crippen molar-refractivity contribution < 1.29 is 4.79 Å². The van der Waals surface area contributed by atoms with E-state index in [9.17, 15) is 4.79 Å². The highest BCUT2D eigenvalue weighted by Crippen LogP contribution is 2.24. The summed E-state index contributed by atoms with van der Waals surface area (Å²) in [5, 5.41) is 3.64. The van der Waals surface area contributed by atoms with Crippen molar-refractivity contribution in [2.24, 2.45) is 11.1 Å². The number of carbonyl (C=O) groups is 1. The zero-order chi connectivity index (χ0) is 16.9. The minimum Gasteiger partial charge on any atom is -0.354 e. The van der Waals surface area contributed by atoms with E-state index in [-0.39, 0.29) is 11.9 Å². The summed E-state index contributed by atoms with van der Waals surface area (Å²) in [5.41, 5.74) is 7.66. The SMILES string of the molecule is CC(C)(Cc1cccc(Cl)c1)C(=O)NCC(N)c1ccccc1. The Bertz CT molecular complexity index is 655. The first-order valence-corrected chi connectivity index (χ1v) is 8.09. The summed E-state index contributed by atoms with van der Waals surface area (Å²) in [6.45, 7) is 4.27. The average molecular weight is 331 g/mol. The summed E-state index contributed by atoms with van der Waals surface area (Å²) in [4.78, 5) is 12.5. The van der Waals surface area contributed by atoms with Crippen molar-refractivity contribution in [3.8, 4) is 0 Å². The van der Waals surface area contributed by atoms with Gasteiger partial charge in [-0.15, -0.1) is 0 Å². The first-order chi connectivity index (χ1) is 10.9. The number of amides is 1. The normalized spacial score (nSPS) is 12.7. The molecular weight excluding hydrogens is 308 g/mol. The molecule has 1 atom stereocenters. The van der Waals surface area contributed by atoms with Crippen molar-refractivity contribution in [3.63, 3.8) is 0 Å². The number of rotatable bonds is 6. The third-order valence-corrected chi connectivity index (χ3v) is 4.10. The molecular formula is C19H23ClN2O. The lowest BCUT2D eigenvalue weighted by atomic mass is 9.84. The number of benzene rings is 2. The van der Waals surface area contributed by atoms with Crippen LogP contribution in [-0.2, 0) is 11.2 Å². The molecule has 2 aromatic rings. The van der Waals surface area contributed by atoms with Crippen LogP contribution in [0.5, 0.6) is 0 Å². The number of hydrogen-bond acceptors (Lipinski definition) is 2. The van der Waals surface area contributed by atoms with Crippen molar-refractivity contribution in [2.45, 2.75) is 26.3 Å². The van der Waals surface area contributed by atoms with Crippen molar-refractivity contribution in [1.29, 1.82) is 0 Å². The van der Waals surface area contributed by atoms with E-state index in [0.29, 0.717) is 18.0 Å². The third kappa shape index (κ3) is 5.08. The molecule has 0 saturated carbocycles. The lowest BCUT2D eigenvalue weighted by Crippen LogP contribution is -2.41. The number of nitrogens with two attached hydrogens (primary N) is 1. The van der Waals surface area contributed by atoms with Gasteiger partial charge in [-0.3, -0.25) is 4.79 Å². The first kappa shape index (κ1) is 17.5. The summed E-state index contributed by atoms with van der Waals surface area (Å²) >= 11 is 6.01. The molecule has 0 heterocycles. The van der Waals surface area contributed by atoms with Crippen molar-refractivity contribution in [3.05, 3.63) is 70.7 Å². The molecule has 0 saturated heterocycles. The molecule has 0 aliphatic heterocycles. The minimum atomic E-state index is -0.527. The molecule has 2 rings (SSSR count). The van der Waals surface area contributed by atoms with Crippen LogP contribution >= 0.6 is 11.6 Å². The Morgan fingerprint density at radius 1 is 1.17 bits per heavy atom. The maximum absolute atomic E-state index is 12.5. The second-order valence-corrected chi connectivity index (χ2v) is 6.85. The molecule has 0 bridgehead atoms. The Hall–Kier alpha value is -1.84. The van der Waals surface area contributed by atoms with Gasteiger partial charge in [0.2, 0.25) is 5.91 Å². The lowest BCUT2D eigenvalue weighted by Gasteiger charge is -2.25. The molecule has 0 aliphatic rings. The highest BCUT2D eigenvalue weighted by Gasteiger charge is 2.28. The fourth-order valence-corrected chi connectivity index (χ4v) is 2.71. The van der Waals surface area contributed by atoms with Gasteiger partial charge in [-0.05, 0) is 29.7 Å². The smallest absolute Gasteiger partial charge is 0.226 e. The number of carbonyl (C=O) groups excluding carboxylic acids is 1. The van der Waals surface area contributed by atoms with Crippen LogP contribution in [0.15, 0.2) is 54.6 Å². The highest BCUT2D eigenvalue weighted by molar-refractivity contribution is 6.30. The van der Waals surface area contributed by atoms with E-state index in [2.05, 4.69) is 5.32 Å². The van der Waals surface area contributed by atoms with Gasteiger partial charge in [-0.2, -0.15) is 0 Å². The van der Waals surface area contributed by atoms with Gasteiger partial charge < -0.3 is 11.1 Å². The largest absolute Gasteiger partial charge is 0.354 e. The van der Waals surface area contributed by atoms with Crippen LogP contribution in [0.3, 0.4) is 0 Å². The maximum atomic E-state index is 12.5. The Morgan fingerprint density at radius 3 is 2.52 bits per heavy atom. The van der Waals surface area contributed by atoms with Crippen LogP contribution in [0.25, 0.3) is 0 Å². The van der Waals surface area contributed by atoms with Crippen LogP contribution in [0.4, 0.5) is 0 Å². The quantitative estimate of drug-likeness (QED) is 0.848. The van der Waals surface area contributed by atoms with E-state index in [1.165, 1.54) is 0 Å². The molecule has 0 aliphatic carbocycles. The summed E-state index contributed by atoms with van der Waals surface area (Å²) in [5.74, 6) is -0.0103. The van der Waals surface area contributed by atoms with Crippen LogP contribution in [0, 0.1) is 5.41 Å².